The van der Waals surface area contributed by atoms with E-state index in [9.17, 15) is 14.4 Å². The molecule has 2 saturated heterocycles. The summed E-state index contributed by atoms with van der Waals surface area (Å²) in [6.45, 7) is 0. The Labute approximate surface area is 290 Å². The second-order valence-electron chi connectivity index (χ2n) is 13.7. The molecule has 4 fully saturated rings. The maximum absolute atomic E-state index is 12.8. The van der Waals surface area contributed by atoms with Gasteiger partial charge >= 0.3 is 6.03 Å². The smallest absolute Gasteiger partial charge is 0.322 e. The summed E-state index contributed by atoms with van der Waals surface area (Å²) in [6, 6.07) is 11.2. The van der Waals surface area contributed by atoms with Gasteiger partial charge in [-0.25, -0.2) is 4.79 Å². The highest BCUT2D eigenvalue weighted by atomic mass is 79.9. The maximum Gasteiger partial charge on any atom is 0.322 e. The zero-order chi connectivity index (χ0) is 32.2. The molecule has 0 bridgehead atoms. The van der Waals surface area contributed by atoms with Crippen LogP contribution in [0.25, 0.3) is 0 Å². The molecule has 6 aliphatic rings. The van der Waals surface area contributed by atoms with E-state index in [2.05, 4.69) is 53.1 Å². The number of urea groups is 1. The number of carbonyl (C=O) groups excluding carboxylic acids is 3. The summed E-state index contributed by atoms with van der Waals surface area (Å²) in [4.78, 5) is 37.4. The van der Waals surface area contributed by atoms with E-state index in [0.717, 1.165) is 77.2 Å². The summed E-state index contributed by atoms with van der Waals surface area (Å²) in [7, 11) is 0. The highest BCUT2D eigenvalue weighted by Crippen LogP contribution is 2.51. The third-order valence-electron chi connectivity index (χ3n) is 10.5. The minimum absolute atomic E-state index is 0.0613. The van der Waals surface area contributed by atoms with Crippen LogP contribution >= 0.6 is 44.1 Å². The first kappa shape index (κ1) is 31.9. The molecule has 0 aromatic heterocycles. The van der Waals surface area contributed by atoms with E-state index in [1.54, 1.807) is 0 Å². The van der Waals surface area contributed by atoms with Crippen molar-refractivity contribution in [3.63, 3.8) is 0 Å². The van der Waals surface area contributed by atoms with Crippen LogP contribution in [0.15, 0.2) is 45.3 Å². The Kier molecular flexibility index (Phi) is 8.37. The molecule has 4 N–H and O–H groups in total. The molecule has 2 unspecified atom stereocenters. The molecule has 2 atom stereocenters. The predicted octanol–water partition coefficient (Wildman–Crippen LogP) is 6.88. The lowest BCUT2D eigenvalue weighted by atomic mass is 9.73. The molecule has 2 saturated carbocycles. The summed E-state index contributed by atoms with van der Waals surface area (Å²) in [6.07, 6.45) is 14.3. The first-order valence-corrected chi connectivity index (χ1v) is 18.3. The Morgan fingerprint density at radius 1 is 0.609 bits per heavy atom. The topological polar surface area (TPSA) is 118 Å². The minimum Gasteiger partial charge on any atom is -0.487 e. The van der Waals surface area contributed by atoms with Crippen LogP contribution in [0.4, 0.5) is 4.79 Å². The van der Waals surface area contributed by atoms with Crippen LogP contribution in [-0.2, 0) is 20.7 Å². The van der Waals surface area contributed by atoms with Crippen LogP contribution in [0.2, 0.25) is 0 Å². The van der Waals surface area contributed by atoms with Gasteiger partial charge in [-0.15, -0.1) is 0 Å². The fourth-order valence-corrected chi connectivity index (χ4v) is 9.45. The van der Waals surface area contributed by atoms with Crippen LogP contribution in [0.5, 0.6) is 11.5 Å². The fourth-order valence-electron chi connectivity index (χ4n) is 8.46. The van der Waals surface area contributed by atoms with E-state index >= 15 is 0 Å². The summed E-state index contributed by atoms with van der Waals surface area (Å²) in [5.41, 5.74) is -0.852. The van der Waals surface area contributed by atoms with Crippen molar-refractivity contribution >= 4 is 67.0 Å². The minimum atomic E-state index is -1.02. The van der Waals surface area contributed by atoms with Gasteiger partial charge in [0.2, 0.25) is 0 Å². The van der Waals surface area contributed by atoms with Gasteiger partial charge in [0.15, 0.2) is 16.2 Å². The Morgan fingerprint density at radius 3 is 1.43 bits per heavy atom. The number of benzene rings is 2. The van der Waals surface area contributed by atoms with Crippen molar-refractivity contribution in [3.8, 4) is 11.5 Å². The monoisotopic (exact) mass is 772 g/mol. The van der Waals surface area contributed by atoms with E-state index in [1.165, 1.54) is 25.7 Å². The molecule has 4 heterocycles. The fraction of sp³-hybridized carbons (Fsp3) is 0.529. The highest BCUT2D eigenvalue weighted by molar-refractivity contribution is 9.10. The quantitative estimate of drug-likeness (QED) is 0.170. The Morgan fingerprint density at radius 2 is 1.04 bits per heavy atom. The van der Waals surface area contributed by atoms with Crippen molar-refractivity contribution in [2.24, 2.45) is 0 Å². The molecule has 0 radical (unpaired) electrons. The van der Waals surface area contributed by atoms with E-state index in [0.29, 0.717) is 23.7 Å². The standard InChI is InChI=1S/C17H19BrN2O3.C17H19BrN2O2S/c18-11-5-6-13-12(9-11)17(14(21)19-15(22)20-17)10-16(23-13)7-3-1-2-4-8-16;18-11-5-6-13-12(9-11)17(14(21)19-15(23)20-17)10-16(22-13)7-3-1-2-4-8-16/h5-6,9H,1-4,7-8,10H2,(H2,19,20,21,22);5-6,9H,1-4,7-8,10H2,(H2,19,20,21,23). The average Bonchev–Trinajstić information content (AvgIpc) is 3.22. The number of amides is 4. The lowest BCUT2D eigenvalue weighted by molar-refractivity contribution is -0.129. The third kappa shape index (κ3) is 5.61. The van der Waals surface area contributed by atoms with E-state index in [-0.39, 0.29) is 23.0 Å². The number of hydrogen-bond donors (Lipinski definition) is 4. The van der Waals surface area contributed by atoms with Crippen molar-refractivity contribution in [1.29, 1.82) is 0 Å². The van der Waals surface area contributed by atoms with Crippen molar-refractivity contribution in [3.05, 3.63) is 56.5 Å². The first-order chi connectivity index (χ1) is 22.1. The van der Waals surface area contributed by atoms with Crippen molar-refractivity contribution in [2.45, 2.75) is 112 Å². The number of fused-ring (bicyclic) bond motifs is 4. The SMILES string of the molecule is O=C1NC(=O)C2(CC3(CCCCCC3)Oc3ccc(Br)cc32)N1.O=C1NC(=S)NC12CC1(CCCCCC1)Oc1ccc(Br)cc12. The van der Waals surface area contributed by atoms with Crippen molar-refractivity contribution in [1.82, 2.24) is 21.3 Å². The number of halogens is 2. The molecule has 244 valence electrons. The number of nitrogens with one attached hydrogen (secondary N) is 4. The summed E-state index contributed by atoms with van der Waals surface area (Å²) >= 11 is 12.2. The number of thiocarbonyl (C=S) groups is 1. The Hall–Kier alpha value is -2.70. The molecule has 4 aliphatic heterocycles. The van der Waals surface area contributed by atoms with Gasteiger partial charge in [0, 0.05) is 32.9 Å². The van der Waals surface area contributed by atoms with Crippen LogP contribution in [-0.4, -0.2) is 34.2 Å². The number of carbonyl (C=O) groups is 3. The lowest BCUT2D eigenvalue weighted by Crippen LogP contribution is -2.55. The second kappa shape index (κ2) is 12.1. The molecule has 2 aromatic carbocycles. The number of rotatable bonds is 0. The average molecular weight is 775 g/mol. The van der Waals surface area contributed by atoms with Gasteiger partial charge in [-0.1, -0.05) is 57.5 Å². The van der Waals surface area contributed by atoms with E-state index in [4.69, 9.17) is 21.7 Å². The molecule has 9 nitrogen and oxygen atoms in total. The molecule has 12 heteroatoms. The van der Waals surface area contributed by atoms with Crippen molar-refractivity contribution in [2.75, 3.05) is 0 Å². The molecule has 4 amide bonds. The zero-order valence-electron chi connectivity index (χ0n) is 25.6. The maximum atomic E-state index is 12.8. The third-order valence-corrected chi connectivity index (χ3v) is 11.7. The van der Waals surface area contributed by atoms with Gasteiger partial charge in [0.1, 0.15) is 22.7 Å². The van der Waals surface area contributed by atoms with Gasteiger partial charge in [-0.2, -0.15) is 0 Å². The zero-order valence-corrected chi connectivity index (χ0v) is 29.6. The molecule has 2 aromatic rings. The van der Waals surface area contributed by atoms with Crippen LogP contribution in [0, 0.1) is 0 Å². The second-order valence-corrected chi connectivity index (χ2v) is 15.9. The van der Waals surface area contributed by atoms with Gasteiger partial charge < -0.3 is 25.4 Å². The molecular formula is C34H38Br2N4O5S. The largest absolute Gasteiger partial charge is 0.487 e. The first-order valence-electron chi connectivity index (χ1n) is 16.3. The van der Waals surface area contributed by atoms with Crippen LogP contribution in [0.3, 0.4) is 0 Å². The van der Waals surface area contributed by atoms with Gasteiger partial charge in [-0.3, -0.25) is 14.9 Å². The summed E-state index contributed by atoms with van der Waals surface area (Å²) < 4.78 is 14.7. The lowest BCUT2D eigenvalue weighted by Gasteiger charge is -2.46. The van der Waals surface area contributed by atoms with Crippen LogP contribution in [0.1, 0.15) is 101 Å². The predicted molar refractivity (Wildman–Crippen MR) is 184 cm³/mol. The summed E-state index contributed by atoms with van der Waals surface area (Å²) in [5, 5.41) is 11.8. The number of hydrogen-bond acceptors (Lipinski definition) is 6. The van der Waals surface area contributed by atoms with Gasteiger partial charge in [0.05, 0.1) is 0 Å². The normalized spacial score (nSPS) is 28.7. The molecule has 46 heavy (non-hydrogen) atoms. The summed E-state index contributed by atoms with van der Waals surface area (Å²) in [5.74, 6) is 1.18. The van der Waals surface area contributed by atoms with Crippen LogP contribution < -0.4 is 30.7 Å². The Bertz CT molecular complexity index is 1490. The Balaban J connectivity index is 0.000000147. The van der Waals surface area contributed by atoms with Gasteiger partial charge in [-0.05, 0) is 100.0 Å². The molecule has 8 rings (SSSR count). The van der Waals surface area contributed by atoms with E-state index in [1.807, 2.05) is 36.4 Å². The molecular weight excluding hydrogens is 736 g/mol. The van der Waals surface area contributed by atoms with E-state index < -0.39 is 17.1 Å². The number of imide groups is 1. The van der Waals surface area contributed by atoms with Gasteiger partial charge in [0.25, 0.3) is 11.8 Å². The van der Waals surface area contributed by atoms with Crippen molar-refractivity contribution < 1.29 is 23.9 Å². The highest BCUT2D eigenvalue weighted by Gasteiger charge is 2.58. The molecule has 2 aliphatic carbocycles. The molecule has 4 spiro atoms. The number of ether oxygens (including phenoxy) is 2.